The van der Waals surface area contributed by atoms with E-state index in [1.807, 2.05) is 43.3 Å². The van der Waals surface area contributed by atoms with Crippen LogP contribution in [0.3, 0.4) is 0 Å². The lowest BCUT2D eigenvalue weighted by Crippen LogP contribution is -2.26. The number of hydrogen-bond acceptors (Lipinski definition) is 5. The lowest BCUT2D eigenvalue weighted by Gasteiger charge is -2.31. The Kier molecular flexibility index (Phi) is 6.64. The molecule has 0 bridgehead atoms. The summed E-state index contributed by atoms with van der Waals surface area (Å²) in [5, 5.41) is 19.8. The normalized spacial score (nSPS) is 19.9. The molecule has 6 heteroatoms. The second-order valence-electron chi connectivity index (χ2n) is 9.29. The van der Waals surface area contributed by atoms with Crippen molar-refractivity contribution in [2.24, 2.45) is 5.92 Å². The van der Waals surface area contributed by atoms with Crippen LogP contribution in [0.4, 0.5) is 4.39 Å². The Bertz CT molecular complexity index is 1210. The molecule has 3 aromatic carbocycles. The second kappa shape index (κ2) is 10.0. The van der Waals surface area contributed by atoms with E-state index in [2.05, 4.69) is 4.90 Å². The van der Waals surface area contributed by atoms with Crippen LogP contribution in [0.1, 0.15) is 36.1 Å². The van der Waals surface area contributed by atoms with Gasteiger partial charge in [0.25, 0.3) is 0 Å². The van der Waals surface area contributed by atoms with Crippen molar-refractivity contribution < 1.29 is 24.1 Å². The summed E-state index contributed by atoms with van der Waals surface area (Å²) in [6.07, 6.45) is 0.568. The predicted molar refractivity (Wildman–Crippen MR) is 135 cm³/mol. The Morgan fingerprint density at radius 1 is 1.00 bits per heavy atom. The molecule has 2 aliphatic heterocycles. The highest BCUT2D eigenvalue weighted by atomic mass is 19.1. The van der Waals surface area contributed by atoms with Gasteiger partial charge in [0, 0.05) is 30.1 Å². The molecular weight excluding hydrogens is 445 g/mol. The number of rotatable bonds is 7. The van der Waals surface area contributed by atoms with Crippen LogP contribution in [0.2, 0.25) is 0 Å². The summed E-state index contributed by atoms with van der Waals surface area (Å²) in [5.74, 6) is 2.05. The van der Waals surface area contributed by atoms with Crippen molar-refractivity contribution in [1.82, 2.24) is 4.90 Å². The van der Waals surface area contributed by atoms with Crippen LogP contribution >= 0.6 is 0 Å². The van der Waals surface area contributed by atoms with Gasteiger partial charge in [0.1, 0.15) is 35.7 Å². The molecule has 2 N–H and O–H groups in total. The van der Waals surface area contributed by atoms with Crippen LogP contribution in [0.15, 0.2) is 66.7 Å². The van der Waals surface area contributed by atoms with Gasteiger partial charge in [0.2, 0.25) is 0 Å². The van der Waals surface area contributed by atoms with Crippen LogP contribution in [-0.2, 0) is 0 Å². The van der Waals surface area contributed by atoms with E-state index in [-0.39, 0.29) is 30.2 Å². The zero-order valence-electron chi connectivity index (χ0n) is 19.8. The third-order valence-electron chi connectivity index (χ3n) is 6.90. The molecule has 35 heavy (non-hydrogen) atoms. The fourth-order valence-electron chi connectivity index (χ4n) is 4.96. The molecule has 5 nitrogen and oxygen atoms in total. The first-order valence-corrected chi connectivity index (χ1v) is 12.0. The quantitative estimate of drug-likeness (QED) is 0.450. The Morgan fingerprint density at radius 2 is 1.74 bits per heavy atom. The number of fused-ring (bicyclic) bond motifs is 1. The number of nitrogens with zero attached hydrogens (tertiary/aromatic N) is 1. The molecular formula is C29H30FNO4. The van der Waals surface area contributed by atoms with E-state index in [1.165, 1.54) is 0 Å². The maximum absolute atomic E-state index is 12.8. The molecule has 0 amide bonds. The van der Waals surface area contributed by atoms with E-state index in [0.29, 0.717) is 12.4 Å². The minimum atomic E-state index is -0.354. The molecule has 2 unspecified atom stereocenters. The smallest absolute Gasteiger partial charge is 0.150 e. The minimum Gasteiger partial charge on any atom is -0.508 e. The topological polar surface area (TPSA) is 62.2 Å². The largest absolute Gasteiger partial charge is 0.508 e. The molecule has 0 aliphatic carbocycles. The number of hydrogen-bond donors (Lipinski definition) is 2. The lowest BCUT2D eigenvalue weighted by atomic mass is 9.86. The molecule has 5 rings (SSSR count). The lowest BCUT2D eigenvalue weighted by molar-refractivity contribution is 0.228. The molecule has 2 heterocycles. The summed E-state index contributed by atoms with van der Waals surface area (Å²) in [4.78, 5) is 2.25. The van der Waals surface area contributed by atoms with Gasteiger partial charge < -0.3 is 19.7 Å². The molecule has 182 valence electrons. The first kappa shape index (κ1) is 23.2. The van der Waals surface area contributed by atoms with Gasteiger partial charge in [-0.2, -0.15) is 0 Å². The van der Waals surface area contributed by atoms with Crippen LogP contribution in [0.25, 0.3) is 11.1 Å². The molecule has 1 saturated heterocycles. The zero-order valence-corrected chi connectivity index (χ0v) is 19.8. The minimum absolute atomic E-state index is 0.165. The summed E-state index contributed by atoms with van der Waals surface area (Å²) < 4.78 is 25.2. The zero-order chi connectivity index (χ0) is 24.4. The van der Waals surface area contributed by atoms with Crippen molar-refractivity contribution in [1.29, 1.82) is 0 Å². The standard InChI is InChI=1S/C29H30FNO4/c1-19-26-16-24(33)8-11-27(26)35-29(28(19)21-2-6-23(32)7-3-21)22-4-9-25(10-5-22)34-15-14-31-13-12-20(17-30)18-31/h2-11,16,20,29,32-33H,12-15,17-18H2,1H3. The Labute approximate surface area is 205 Å². The highest BCUT2D eigenvalue weighted by molar-refractivity contribution is 5.95. The van der Waals surface area contributed by atoms with Crippen molar-refractivity contribution in [3.63, 3.8) is 0 Å². The molecule has 0 saturated carbocycles. The van der Waals surface area contributed by atoms with E-state index < -0.39 is 0 Å². The van der Waals surface area contributed by atoms with E-state index in [4.69, 9.17) is 9.47 Å². The number of benzene rings is 3. The molecule has 0 radical (unpaired) electrons. The first-order chi connectivity index (χ1) is 17.0. The Balaban J connectivity index is 1.36. The van der Waals surface area contributed by atoms with Gasteiger partial charge in [-0.15, -0.1) is 0 Å². The van der Waals surface area contributed by atoms with Gasteiger partial charge in [-0.3, -0.25) is 9.29 Å². The summed E-state index contributed by atoms with van der Waals surface area (Å²) in [5.41, 5.74) is 4.76. The fourth-order valence-corrected chi connectivity index (χ4v) is 4.96. The fraction of sp³-hybridized carbons (Fsp3) is 0.310. The van der Waals surface area contributed by atoms with E-state index in [0.717, 1.165) is 59.6 Å². The average Bonchev–Trinajstić information content (AvgIpc) is 3.34. The highest BCUT2D eigenvalue weighted by Gasteiger charge is 2.29. The molecule has 0 aromatic heterocycles. The van der Waals surface area contributed by atoms with Gasteiger partial charge in [-0.25, -0.2) is 0 Å². The van der Waals surface area contributed by atoms with Gasteiger partial charge in [0.05, 0.1) is 6.67 Å². The predicted octanol–water partition coefficient (Wildman–Crippen LogP) is 5.83. The van der Waals surface area contributed by atoms with Crippen molar-refractivity contribution in [3.8, 4) is 23.0 Å². The SMILES string of the molecule is CC1=C(c2ccc(O)cc2)C(c2ccc(OCCN3CCC(CF)C3)cc2)Oc2ccc(O)cc21. The number of phenols is 2. The molecule has 1 fully saturated rings. The third kappa shape index (κ3) is 4.98. The van der Waals surface area contributed by atoms with Crippen molar-refractivity contribution in [2.75, 3.05) is 32.9 Å². The summed E-state index contributed by atoms with van der Waals surface area (Å²) in [6.45, 7) is 4.88. The Morgan fingerprint density at radius 3 is 2.46 bits per heavy atom. The van der Waals surface area contributed by atoms with Crippen molar-refractivity contribution >= 4 is 11.1 Å². The Hall–Kier alpha value is -3.51. The van der Waals surface area contributed by atoms with Gasteiger partial charge >= 0.3 is 0 Å². The number of likely N-dealkylation sites (tertiary alicyclic amines) is 1. The number of alkyl halides is 1. The summed E-state index contributed by atoms with van der Waals surface area (Å²) in [6, 6.07) is 20.1. The number of halogens is 1. The molecule has 0 spiro atoms. The van der Waals surface area contributed by atoms with Gasteiger partial charge in [-0.05, 0) is 79.1 Å². The molecule has 3 aromatic rings. The highest BCUT2D eigenvalue weighted by Crippen LogP contribution is 2.47. The summed E-state index contributed by atoms with van der Waals surface area (Å²) in [7, 11) is 0. The monoisotopic (exact) mass is 475 g/mol. The van der Waals surface area contributed by atoms with Gasteiger partial charge in [0.15, 0.2) is 0 Å². The van der Waals surface area contributed by atoms with Gasteiger partial charge in [-0.1, -0.05) is 24.3 Å². The maximum Gasteiger partial charge on any atom is 0.150 e. The number of ether oxygens (including phenoxy) is 2. The molecule has 2 atom stereocenters. The van der Waals surface area contributed by atoms with Crippen LogP contribution < -0.4 is 9.47 Å². The van der Waals surface area contributed by atoms with Crippen LogP contribution in [0.5, 0.6) is 23.0 Å². The summed E-state index contributed by atoms with van der Waals surface area (Å²) >= 11 is 0. The van der Waals surface area contributed by atoms with E-state index >= 15 is 0 Å². The number of allylic oxidation sites excluding steroid dienone is 1. The van der Waals surface area contributed by atoms with E-state index in [1.54, 1.807) is 30.3 Å². The third-order valence-corrected chi connectivity index (χ3v) is 6.90. The molecule has 2 aliphatic rings. The van der Waals surface area contributed by atoms with Crippen LogP contribution in [-0.4, -0.2) is 48.0 Å². The number of phenolic OH excluding ortho intramolecular Hbond substituents is 2. The maximum atomic E-state index is 12.8. The van der Waals surface area contributed by atoms with Crippen molar-refractivity contribution in [2.45, 2.75) is 19.4 Å². The average molecular weight is 476 g/mol. The van der Waals surface area contributed by atoms with E-state index in [9.17, 15) is 14.6 Å². The number of aromatic hydroxyl groups is 2. The first-order valence-electron chi connectivity index (χ1n) is 12.0. The van der Waals surface area contributed by atoms with Crippen molar-refractivity contribution in [3.05, 3.63) is 83.4 Å². The second-order valence-corrected chi connectivity index (χ2v) is 9.29. The van der Waals surface area contributed by atoms with Crippen LogP contribution in [0, 0.1) is 5.92 Å².